The minimum atomic E-state index is 0.178. The lowest BCUT2D eigenvalue weighted by Gasteiger charge is -2.40. The molecule has 0 aromatic carbocycles. The van der Waals surface area contributed by atoms with Crippen LogP contribution in [0.5, 0.6) is 0 Å². The van der Waals surface area contributed by atoms with Crippen LogP contribution in [0.1, 0.15) is 71.1 Å². The summed E-state index contributed by atoms with van der Waals surface area (Å²) in [5, 5.41) is 3.73. The summed E-state index contributed by atoms with van der Waals surface area (Å²) in [5.74, 6) is 1.77. The van der Waals surface area contributed by atoms with E-state index in [9.17, 15) is 0 Å². The van der Waals surface area contributed by atoms with Gasteiger partial charge in [-0.25, -0.2) is 0 Å². The van der Waals surface area contributed by atoms with Gasteiger partial charge in [0.2, 0.25) is 0 Å². The highest BCUT2D eigenvalue weighted by Crippen LogP contribution is 2.36. The molecule has 0 heterocycles. The molecule has 1 N–H and O–H groups in total. The molecular formula is C17H31NO. The summed E-state index contributed by atoms with van der Waals surface area (Å²) in [7, 11) is 0. The van der Waals surface area contributed by atoms with E-state index in [1.165, 1.54) is 64.2 Å². The van der Waals surface area contributed by atoms with Crippen molar-refractivity contribution in [1.29, 1.82) is 0 Å². The summed E-state index contributed by atoms with van der Waals surface area (Å²) in [5.41, 5.74) is 0.178. The number of hydrogen-bond acceptors (Lipinski definition) is 2. The van der Waals surface area contributed by atoms with E-state index in [-0.39, 0.29) is 5.60 Å². The monoisotopic (exact) mass is 265 g/mol. The minimum absolute atomic E-state index is 0.178. The summed E-state index contributed by atoms with van der Waals surface area (Å²) in [6, 6.07) is 0.811. The SMILES string of the molecule is CC1CCC(CNC2CC2)(OCC2CCCC2)CC1. The molecule has 0 amide bonds. The highest BCUT2D eigenvalue weighted by atomic mass is 16.5. The highest BCUT2D eigenvalue weighted by Gasteiger charge is 2.37. The van der Waals surface area contributed by atoms with Gasteiger partial charge >= 0.3 is 0 Å². The molecule has 0 bridgehead atoms. The van der Waals surface area contributed by atoms with Crippen molar-refractivity contribution in [1.82, 2.24) is 5.32 Å². The summed E-state index contributed by atoms with van der Waals surface area (Å²) in [6.07, 6.45) is 13.7. The molecule has 0 aliphatic heterocycles. The van der Waals surface area contributed by atoms with Crippen molar-refractivity contribution in [3.05, 3.63) is 0 Å². The fourth-order valence-electron chi connectivity index (χ4n) is 3.75. The molecule has 2 heteroatoms. The average Bonchev–Trinajstić information content (AvgIpc) is 3.11. The second-order valence-corrected chi connectivity index (χ2v) is 7.48. The Bertz CT molecular complexity index is 273. The van der Waals surface area contributed by atoms with Gasteiger partial charge in [0.05, 0.1) is 12.2 Å². The zero-order chi connectivity index (χ0) is 13.1. The van der Waals surface area contributed by atoms with Crippen molar-refractivity contribution in [2.45, 2.75) is 82.8 Å². The van der Waals surface area contributed by atoms with Crippen molar-refractivity contribution in [3.8, 4) is 0 Å². The Labute approximate surface area is 118 Å². The number of ether oxygens (including phenoxy) is 1. The van der Waals surface area contributed by atoms with Gasteiger partial charge in [0.15, 0.2) is 0 Å². The van der Waals surface area contributed by atoms with E-state index in [1.54, 1.807) is 0 Å². The van der Waals surface area contributed by atoms with Crippen LogP contribution in [0.15, 0.2) is 0 Å². The quantitative estimate of drug-likeness (QED) is 0.786. The molecule has 19 heavy (non-hydrogen) atoms. The molecule has 0 aromatic heterocycles. The lowest BCUT2D eigenvalue weighted by molar-refractivity contribution is -0.0872. The van der Waals surface area contributed by atoms with Crippen LogP contribution in [0.25, 0.3) is 0 Å². The largest absolute Gasteiger partial charge is 0.373 e. The molecule has 2 nitrogen and oxygen atoms in total. The third-order valence-electron chi connectivity index (χ3n) is 5.58. The minimum Gasteiger partial charge on any atom is -0.373 e. The predicted molar refractivity (Wildman–Crippen MR) is 79.3 cm³/mol. The molecule has 3 saturated carbocycles. The van der Waals surface area contributed by atoms with Gasteiger partial charge in [-0.1, -0.05) is 19.8 Å². The summed E-state index contributed by atoms with van der Waals surface area (Å²) >= 11 is 0. The second kappa shape index (κ2) is 6.13. The van der Waals surface area contributed by atoms with E-state index in [4.69, 9.17) is 4.74 Å². The van der Waals surface area contributed by atoms with E-state index < -0.39 is 0 Å². The maximum absolute atomic E-state index is 6.52. The standard InChI is InChI=1S/C17H31NO/c1-14-8-10-17(11-9-14,13-18-16-6-7-16)19-12-15-4-2-3-5-15/h14-16,18H,2-13H2,1H3. The van der Waals surface area contributed by atoms with E-state index in [1.807, 2.05) is 0 Å². The molecule has 0 aromatic rings. The molecule has 3 rings (SSSR count). The average molecular weight is 265 g/mol. The third-order valence-corrected chi connectivity index (χ3v) is 5.58. The fourth-order valence-corrected chi connectivity index (χ4v) is 3.75. The Morgan fingerprint density at radius 1 is 1.00 bits per heavy atom. The van der Waals surface area contributed by atoms with Gasteiger partial charge in [0.1, 0.15) is 0 Å². The van der Waals surface area contributed by atoms with E-state index in [0.29, 0.717) is 0 Å². The normalized spacial score (nSPS) is 36.8. The Kier molecular flexibility index (Phi) is 4.48. The van der Waals surface area contributed by atoms with Crippen molar-refractivity contribution in [2.75, 3.05) is 13.2 Å². The molecule has 3 fully saturated rings. The van der Waals surface area contributed by atoms with Crippen LogP contribution in [0, 0.1) is 11.8 Å². The van der Waals surface area contributed by atoms with Gasteiger partial charge in [-0.3, -0.25) is 0 Å². The molecule has 0 unspecified atom stereocenters. The first-order valence-electron chi connectivity index (χ1n) is 8.63. The molecule has 0 saturated heterocycles. The second-order valence-electron chi connectivity index (χ2n) is 7.48. The third kappa shape index (κ3) is 3.95. The first kappa shape index (κ1) is 13.9. The zero-order valence-electron chi connectivity index (χ0n) is 12.6. The molecule has 0 atom stereocenters. The summed E-state index contributed by atoms with van der Waals surface area (Å²) < 4.78 is 6.52. The van der Waals surface area contributed by atoms with Crippen molar-refractivity contribution >= 4 is 0 Å². The van der Waals surface area contributed by atoms with Crippen LogP contribution in [0.2, 0.25) is 0 Å². The number of nitrogens with one attached hydrogen (secondary N) is 1. The summed E-state index contributed by atoms with van der Waals surface area (Å²) in [6.45, 7) is 4.53. The first-order valence-corrected chi connectivity index (χ1v) is 8.63. The highest BCUT2D eigenvalue weighted by molar-refractivity contribution is 4.92. The predicted octanol–water partition coefficient (Wildman–Crippen LogP) is 3.89. The van der Waals surface area contributed by atoms with Crippen LogP contribution < -0.4 is 5.32 Å². The number of hydrogen-bond donors (Lipinski definition) is 1. The lowest BCUT2D eigenvalue weighted by Crippen LogP contribution is -2.47. The summed E-state index contributed by atoms with van der Waals surface area (Å²) in [4.78, 5) is 0. The van der Waals surface area contributed by atoms with Crippen molar-refractivity contribution < 1.29 is 4.74 Å². The first-order chi connectivity index (χ1) is 9.26. The number of rotatable bonds is 6. The van der Waals surface area contributed by atoms with Gasteiger partial charge in [-0.05, 0) is 63.2 Å². The molecule has 3 aliphatic carbocycles. The molecule has 0 spiro atoms. The van der Waals surface area contributed by atoms with Crippen molar-refractivity contribution in [2.24, 2.45) is 11.8 Å². The van der Waals surface area contributed by atoms with Crippen LogP contribution in [-0.2, 0) is 4.74 Å². The smallest absolute Gasteiger partial charge is 0.0806 e. The zero-order valence-corrected chi connectivity index (χ0v) is 12.6. The van der Waals surface area contributed by atoms with Crippen LogP contribution >= 0.6 is 0 Å². The van der Waals surface area contributed by atoms with Gasteiger partial charge in [-0.15, -0.1) is 0 Å². The molecule has 0 radical (unpaired) electrons. The Hall–Kier alpha value is -0.0800. The van der Waals surface area contributed by atoms with E-state index in [0.717, 1.165) is 31.0 Å². The van der Waals surface area contributed by atoms with E-state index in [2.05, 4.69) is 12.2 Å². The van der Waals surface area contributed by atoms with Gasteiger partial charge in [0, 0.05) is 12.6 Å². The maximum atomic E-state index is 6.52. The maximum Gasteiger partial charge on any atom is 0.0806 e. The van der Waals surface area contributed by atoms with Crippen molar-refractivity contribution in [3.63, 3.8) is 0 Å². The Balaban J connectivity index is 1.51. The molecular weight excluding hydrogens is 234 g/mol. The fraction of sp³-hybridized carbons (Fsp3) is 1.00. The van der Waals surface area contributed by atoms with Gasteiger partial charge in [0.25, 0.3) is 0 Å². The van der Waals surface area contributed by atoms with Gasteiger partial charge in [-0.2, -0.15) is 0 Å². The molecule has 110 valence electrons. The van der Waals surface area contributed by atoms with Crippen LogP contribution in [0.3, 0.4) is 0 Å². The Morgan fingerprint density at radius 2 is 1.68 bits per heavy atom. The lowest BCUT2D eigenvalue weighted by atomic mass is 9.79. The molecule has 3 aliphatic rings. The Morgan fingerprint density at radius 3 is 2.32 bits per heavy atom. The topological polar surface area (TPSA) is 21.3 Å². The van der Waals surface area contributed by atoms with Crippen LogP contribution in [-0.4, -0.2) is 24.8 Å². The van der Waals surface area contributed by atoms with Crippen LogP contribution in [0.4, 0.5) is 0 Å². The van der Waals surface area contributed by atoms with E-state index >= 15 is 0 Å². The van der Waals surface area contributed by atoms with Gasteiger partial charge < -0.3 is 10.1 Å².